The van der Waals surface area contributed by atoms with Crippen molar-refractivity contribution in [2.75, 3.05) is 14.2 Å². The number of carbonyl (C=O) groups is 1. The summed E-state index contributed by atoms with van der Waals surface area (Å²) in [6.45, 7) is -0.223. The summed E-state index contributed by atoms with van der Waals surface area (Å²) >= 11 is 0. The molecule has 0 aliphatic heterocycles. The van der Waals surface area contributed by atoms with Gasteiger partial charge in [0.2, 0.25) is 11.2 Å². The van der Waals surface area contributed by atoms with Crippen molar-refractivity contribution in [2.45, 2.75) is 12.8 Å². The Morgan fingerprint density at radius 2 is 1.71 bits per heavy atom. The summed E-state index contributed by atoms with van der Waals surface area (Å²) in [5.41, 5.74) is -1.99. The fraction of sp³-hybridized carbons (Fsp3) is 0.167. The van der Waals surface area contributed by atoms with Crippen molar-refractivity contribution >= 4 is 16.9 Å². The van der Waals surface area contributed by atoms with Gasteiger partial charge in [0.1, 0.15) is 35.4 Å². The van der Waals surface area contributed by atoms with Gasteiger partial charge < -0.3 is 32.9 Å². The fourth-order valence-corrected chi connectivity index (χ4v) is 3.44. The smallest absolute Gasteiger partial charge is 0.450 e. The molecule has 0 N–H and O–H groups in total. The number of methoxy groups -OCH3 is 2. The Morgan fingerprint density at radius 3 is 2.34 bits per heavy atom. The van der Waals surface area contributed by atoms with Gasteiger partial charge in [0.15, 0.2) is 11.5 Å². The number of benzene rings is 2. The quantitative estimate of drug-likeness (QED) is 0.383. The van der Waals surface area contributed by atoms with Gasteiger partial charge in [0.05, 0.1) is 25.2 Å². The molecular formula is C24H16F3O8-. The number of fused-ring (bicyclic) bond motifs is 1. The Balaban J connectivity index is 1.77. The first-order chi connectivity index (χ1) is 16.6. The number of hydrogen-bond donors (Lipinski definition) is 0. The van der Waals surface area contributed by atoms with Crippen molar-refractivity contribution in [3.8, 4) is 28.4 Å². The zero-order chi connectivity index (χ0) is 25.3. The number of halogens is 3. The van der Waals surface area contributed by atoms with Gasteiger partial charge in [-0.3, -0.25) is 4.79 Å². The second-order valence-electron chi connectivity index (χ2n) is 7.20. The maximum Gasteiger partial charge on any atom is 0.450 e. The normalized spacial score (nSPS) is 11.5. The standard InChI is InChI=1S/C24H17F3O8/c1-31-16-7-3-12(9-19(16)32-2)20-21(28)15-6-4-13(10-18(15)35-22(20)24(25,26)27)33-11-14-5-8-17(34-14)23(29)30/h3-10H,11H2,1-2H3,(H,29,30)/p-1. The van der Waals surface area contributed by atoms with E-state index in [0.29, 0.717) is 0 Å². The van der Waals surface area contributed by atoms with E-state index in [1.54, 1.807) is 0 Å². The van der Waals surface area contributed by atoms with Gasteiger partial charge >= 0.3 is 6.18 Å². The van der Waals surface area contributed by atoms with E-state index in [4.69, 9.17) is 23.0 Å². The van der Waals surface area contributed by atoms with Crippen molar-refractivity contribution in [3.05, 3.63) is 76.0 Å². The number of ether oxygens (including phenoxy) is 3. The lowest BCUT2D eigenvalue weighted by molar-refractivity contribution is -0.257. The van der Waals surface area contributed by atoms with E-state index in [-0.39, 0.29) is 46.1 Å². The molecule has 0 aliphatic carbocycles. The lowest BCUT2D eigenvalue weighted by Gasteiger charge is -2.15. The Hall–Kier alpha value is -4.41. The third kappa shape index (κ3) is 4.65. The molecule has 8 nitrogen and oxygen atoms in total. The number of aromatic carboxylic acids is 1. The van der Waals surface area contributed by atoms with Crippen LogP contribution in [0.1, 0.15) is 22.1 Å². The molecule has 4 aromatic rings. The Morgan fingerprint density at radius 1 is 0.971 bits per heavy atom. The minimum Gasteiger partial charge on any atom is -0.542 e. The van der Waals surface area contributed by atoms with Crippen LogP contribution >= 0.6 is 0 Å². The molecule has 0 spiro atoms. The number of hydrogen-bond acceptors (Lipinski definition) is 8. The van der Waals surface area contributed by atoms with Gasteiger partial charge in [-0.2, -0.15) is 13.2 Å². The Labute approximate surface area is 195 Å². The lowest BCUT2D eigenvalue weighted by Crippen LogP contribution is -2.21. The molecule has 35 heavy (non-hydrogen) atoms. The molecule has 2 heterocycles. The van der Waals surface area contributed by atoms with Crippen LogP contribution in [-0.4, -0.2) is 20.2 Å². The SMILES string of the molecule is COc1ccc(-c2c(C(F)(F)F)oc3cc(OCc4ccc(C(=O)[O-])o4)ccc3c2=O)cc1OC. The summed E-state index contributed by atoms with van der Waals surface area (Å²) < 4.78 is 67.6. The molecule has 11 heteroatoms. The fourth-order valence-electron chi connectivity index (χ4n) is 3.44. The van der Waals surface area contributed by atoms with Crippen LogP contribution in [-0.2, 0) is 12.8 Å². The molecule has 0 aliphatic rings. The molecule has 0 atom stereocenters. The molecule has 0 radical (unpaired) electrons. The second-order valence-corrected chi connectivity index (χ2v) is 7.20. The minimum absolute atomic E-state index is 0.0625. The molecule has 0 unspecified atom stereocenters. The highest BCUT2D eigenvalue weighted by atomic mass is 19.4. The van der Waals surface area contributed by atoms with E-state index in [1.807, 2.05) is 0 Å². The zero-order valence-electron chi connectivity index (χ0n) is 18.2. The first-order valence-corrected chi connectivity index (χ1v) is 9.95. The largest absolute Gasteiger partial charge is 0.542 e. The summed E-state index contributed by atoms with van der Waals surface area (Å²) in [4.78, 5) is 23.9. The van der Waals surface area contributed by atoms with E-state index >= 15 is 0 Å². The van der Waals surface area contributed by atoms with Crippen molar-refractivity contribution < 1.29 is 46.1 Å². The Bertz CT molecular complexity index is 1470. The molecule has 0 bridgehead atoms. The van der Waals surface area contributed by atoms with Crippen LogP contribution in [0.4, 0.5) is 13.2 Å². The number of carboxylic acid groups (broad SMARTS) is 1. The number of alkyl halides is 3. The first-order valence-electron chi connectivity index (χ1n) is 9.95. The highest BCUT2D eigenvalue weighted by Crippen LogP contribution is 2.40. The van der Waals surface area contributed by atoms with E-state index < -0.39 is 34.7 Å². The topological polar surface area (TPSA) is 111 Å². The van der Waals surface area contributed by atoms with Gasteiger partial charge in [-0.1, -0.05) is 6.07 Å². The molecule has 4 rings (SSSR count). The van der Waals surface area contributed by atoms with Crippen molar-refractivity contribution in [2.24, 2.45) is 0 Å². The van der Waals surface area contributed by atoms with Gasteiger partial charge in [-0.15, -0.1) is 0 Å². The van der Waals surface area contributed by atoms with Crippen molar-refractivity contribution in [1.82, 2.24) is 0 Å². The number of carbonyl (C=O) groups excluding carboxylic acids is 1. The predicted molar refractivity (Wildman–Crippen MR) is 113 cm³/mol. The maximum absolute atomic E-state index is 13.9. The average Bonchev–Trinajstić information content (AvgIpc) is 3.31. The highest BCUT2D eigenvalue weighted by molar-refractivity contribution is 5.84. The van der Waals surface area contributed by atoms with Crippen molar-refractivity contribution in [3.63, 3.8) is 0 Å². The van der Waals surface area contributed by atoms with Crippen LogP contribution in [0.15, 0.2) is 62.2 Å². The minimum atomic E-state index is -4.98. The van der Waals surface area contributed by atoms with Crippen LogP contribution in [0.2, 0.25) is 0 Å². The predicted octanol–water partition coefficient (Wildman–Crippen LogP) is 4.03. The molecule has 2 aromatic heterocycles. The zero-order valence-corrected chi connectivity index (χ0v) is 18.2. The van der Waals surface area contributed by atoms with Gasteiger partial charge in [0.25, 0.3) is 0 Å². The number of carboxylic acids is 1. The van der Waals surface area contributed by atoms with Crippen LogP contribution < -0.4 is 24.7 Å². The summed E-state index contributed by atoms with van der Waals surface area (Å²) in [5, 5.41) is 10.7. The summed E-state index contributed by atoms with van der Waals surface area (Å²) in [6.07, 6.45) is -4.98. The van der Waals surface area contributed by atoms with Gasteiger partial charge in [-0.05, 0) is 42.0 Å². The lowest BCUT2D eigenvalue weighted by atomic mass is 10.0. The molecule has 0 fully saturated rings. The maximum atomic E-state index is 13.9. The summed E-state index contributed by atoms with van der Waals surface area (Å²) in [6, 6.07) is 10.2. The first kappa shape index (κ1) is 23.7. The van der Waals surface area contributed by atoms with Gasteiger partial charge in [0, 0.05) is 6.07 Å². The molecule has 182 valence electrons. The van der Waals surface area contributed by atoms with Crippen LogP contribution in [0.25, 0.3) is 22.1 Å². The summed E-state index contributed by atoms with van der Waals surface area (Å²) in [5.74, 6) is -2.76. The number of rotatable bonds is 7. The number of furan rings is 1. The molecule has 2 aromatic carbocycles. The molecule has 0 amide bonds. The highest BCUT2D eigenvalue weighted by Gasteiger charge is 2.39. The van der Waals surface area contributed by atoms with Crippen LogP contribution in [0.3, 0.4) is 0 Å². The van der Waals surface area contributed by atoms with E-state index in [9.17, 15) is 27.9 Å². The summed E-state index contributed by atoms with van der Waals surface area (Å²) in [7, 11) is 2.69. The molecular weight excluding hydrogens is 473 g/mol. The Kier molecular flexibility index (Phi) is 6.16. The third-order valence-electron chi connectivity index (χ3n) is 5.04. The third-order valence-corrected chi connectivity index (χ3v) is 5.04. The van der Waals surface area contributed by atoms with E-state index in [0.717, 1.165) is 6.07 Å². The molecule has 0 saturated carbocycles. The second kappa shape index (κ2) is 9.09. The van der Waals surface area contributed by atoms with Crippen molar-refractivity contribution in [1.29, 1.82) is 0 Å². The molecule has 0 saturated heterocycles. The van der Waals surface area contributed by atoms with Crippen LogP contribution in [0, 0.1) is 0 Å². The van der Waals surface area contributed by atoms with Crippen LogP contribution in [0.5, 0.6) is 17.2 Å². The average molecular weight is 489 g/mol. The van der Waals surface area contributed by atoms with E-state index in [2.05, 4.69) is 0 Å². The monoisotopic (exact) mass is 489 g/mol. The van der Waals surface area contributed by atoms with Gasteiger partial charge in [-0.25, -0.2) is 0 Å². The van der Waals surface area contributed by atoms with E-state index in [1.165, 1.54) is 56.7 Å².